The molecule has 24 heavy (non-hydrogen) atoms. The number of phenolic OH excluding ortho intramolecular Hbond substituents is 1. The minimum absolute atomic E-state index is 0.0604. The number of phenols is 1. The molecule has 0 bridgehead atoms. The van der Waals surface area contributed by atoms with Gasteiger partial charge in [-0.15, -0.1) is 0 Å². The number of halogens is 4. The molecule has 2 aromatic carbocycles. The van der Waals surface area contributed by atoms with Crippen molar-refractivity contribution in [1.29, 1.82) is 0 Å². The second-order valence-electron chi connectivity index (χ2n) is 5.00. The highest BCUT2D eigenvalue weighted by Gasteiger charge is 2.33. The Morgan fingerprint density at radius 3 is 2.42 bits per heavy atom. The molecule has 0 radical (unpaired) electrons. The Hall–Kier alpha value is -2.19. The summed E-state index contributed by atoms with van der Waals surface area (Å²) in [7, 11) is -4.35. The first-order valence-corrected chi connectivity index (χ1v) is 8.35. The highest BCUT2D eigenvalue weighted by molar-refractivity contribution is 7.90. The Kier molecular flexibility index (Phi) is 3.76. The Bertz CT molecular complexity index is 1040. The van der Waals surface area contributed by atoms with Gasteiger partial charge in [0.1, 0.15) is 10.6 Å². The summed E-state index contributed by atoms with van der Waals surface area (Å²) in [6, 6.07) is 7.51. The summed E-state index contributed by atoms with van der Waals surface area (Å²) in [5, 5.41) is 9.53. The third-order valence-electron chi connectivity index (χ3n) is 3.43. The van der Waals surface area contributed by atoms with Crippen LogP contribution in [0.5, 0.6) is 5.75 Å². The van der Waals surface area contributed by atoms with Crippen molar-refractivity contribution >= 4 is 32.5 Å². The lowest BCUT2D eigenvalue weighted by atomic mass is 10.2. The van der Waals surface area contributed by atoms with Crippen molar-refractivity contribution in [2.45, 2.75) is 11.1 Å². The summed E-state index contributed by atoms with van der Waals surface area (Å²) in [4.78, 5) is -0.649. The first-order valence-electron chi connectivity index (χ1n) is 6.53. The van der Waals surface area contributed by atoms with E-state index < -0.39 is 26.7 Å². The molecule has 1 N–H and O–H groups in total. The first kappa shape index (κ1) is 16.7. The summed E-state index contributed by atoms with van der Waals surface area (Å²) in [5.41, 5.74) is -0.902. The molecule has 0 amide bonds. The van der Waals surface area contributed by atoms with Gasteiger partial charge in [0.2, 0.25) is 0 Å². The van der Waals surface area contributed by atoms with Crippen molar-refractivity contribution < 1.29 is 26.7 Å². The van der Waals surface area contributed by atoms with Crippen LogP contribution in [0.25, 0.3) is 10.9 Å². The van der Waals surface area contributed by atoms with E-state index in [0.717, 1.165) is 10.0 Å². The quantitative estimate of drug-likeness (QED) is 0.728. The maximum atomic E-state index is 12.9. The molecular weight excluding hydrogens is 367 g/mol. The molecule has 0 saturated carbocycles. The van der Waals surface area contributed by atoms with Gasteiger partial charge in [-0.05, 0) is 42.5 Å². The minimum Gasteiger partial charge on any atom is -0.508 e. The first-order chi connectivity index (χ1) is 11.1. The lowest BCUT2D eigenvalue weighted by molar-refractivity contribution is -0.137. The standard InChI is InChI=1S/C15H9ClF3NO3S/c16-12-3-1-10(15(17,18)19)8-14(12)24(22,23)20-6-5-9-7-11(21)2-4-13(9)20/h1-8,21H. The number of hydrogen-bond acceptors (Lipinski definition) is 3. The fraction of sp³-hybridized carbons (Fsp3) is 0.0667. The van der Waals surface area contributed by atoms with Crippen LogP contribution in [-0.2, 0) is 16.2 Å². The Morgan fingerprint density at radius 2 is 1.75 bits per heavy atom. The molecule has 1 heterocycles. The topological polar surface area (TPSA) is 59.3 Å². The molecule has 0 unspecified atom stereocenters. The number of alkyl halides is 3. The lowest BCUT2D eigenvalue weighted by Crippen LogP contribution is -2.14. The van der Waals surface area contributed by atoms with Crippen LogP contribution in [0.4, 0.5) is 13.2 Å². The molecule has 9 heteroatoms. The summed E-state index contributed by atoms with van der Waals surface area (Å²) in [6.07, 6.45) is -3.50. The molecule has 0 aliphatic heterocycles. The fourth-order valence-electron chi connectivity index (χ4n) is 2.30. The van der Waals surface area contributed by atoms with Gasteiger partial charge in [-0.3, -0.25) is 0 Å². The average Bonchev–Trinajstić information content (AvgIpc) is 2.89. The Balaban J connectivity index is 2.24. The number of rotatable bonds is 2. The van der Waals surface area contributed by atoms with E-state index in [1.54, 1.807) is 0 Å². The zero-order valence-electron chi connectivity index (χ0n) is 11.7. The van der Waals surface area contributed by atoms with E-state index in [1.165, 1.54) is 30.5 Å². The highest BCUT2D eigenvalue weighted by atomic mass is 35.5. The molecule has 1 aromatic heterocycles. The van der Waals surface area contributed by atoms with E-state index in [-0.39, 0.29) is 16.3 Å². The molecule has 0 aliphatic rings. The van der Waals surface area contributed by atoms with E-state index in [9.17, 15) is 26.7 Å². The second-order valence-corrected chi connectivity index (χ2v) is 7.19. The smallest absolute Gasteiger partial charge is 0.416 e. The van der Waals surface area contributed by atoms with Gasteiger partial charge in [0, 0.05) is 11.6 Å². The van der Waals surface area contributed by atoms with Gasteiger partial charge in [0.25, 0.3) is 10.0 Å². The third-order valence-corrected chi connectivity index (χ3v) is 5.60. The number of aromatic hydroxyl groups is 1. The predicted molar refractivity (Wildman–Crippen MR) is 82.6 cm³/mol. The number of benzene rings is 2. The molecule has 0 aliphatic carbocycles. The summed E-state index contributed by atoms with van der Waals surface area (Å²) in [5.74, 6) is -0.0604. The minimum atomic E-state index is -4.70. The van der Waals surface area contributed by atoms with Crippen molar-refractivity contribution in [2.24, 2.45) is 0 Å². The molecule has 0 atom stereocenters. The van der Waals surface area contributed by atoms with Gasteiger partial charge < -0.3 is 5.11 Å². The van der Waals surface area contributed by atoms with E-state index in [2.05, 4.69) is 0 Å². The number of hydrogen-bond donors (Lipinski definition) is 1. The monoisotopic (exact) mass is 375 g/mol. The van der Waals surface area contributed by atoms with Crippen LogP contribution in [0.3, 0.4) is 0 Å². The highest BCUT2D eigenvalue weighted by Crippen LogP contribution is 2.35. The van der Waals surface area contributed by atoms with Crippen molar-refractivity contribution in [1.82, 2.24) is 3.97 Å². The zero-order valence-corrected chi connectivity index (χ0v) is 13.3. The van der Waals surface area contributed by atoms with Crippen molar-refractivity contribution in [3.63, 3.8) is 0 Å². The second kappa shape index (κ2) is 5.42. The maximum Gasteiger partial charge on any atom is 0.416 e. The molecule has 3 aromatic rings. The van der Waals surface area contributed by atoms with Gasteiger partial charge >= 0.3 is 6.18 Å². The van der Waals surface area contributed by atoms with Crippen LogP contribution in [0.15, 0.2) is 53.6 Å². The van der Waals surface area contributed by atoms with E-state index in [4.69, 9.17) is 11.6 Å². The van der Waals surface area contributed by atoms with E-state index in [0.29, 0.717) is 17.5 Å². The van der Waals surface area contributed by atoms with Crippen LogP contribution in [0.2, 0.25) is 5.02 Å². The maximum absolute atomic E-state index is 12.9. The summed E-state index contributed by atoms with van der Waals surface area (Å²) >= 11 is 5.82. The molecule has 0 spiro atoms. The average molecular weight is 376 g/mol. The van der Waals surface area contributed by atoms with Crippen LogP contribution in [-0.4, -0.2) is 17.5 Å². The normalized spacial score (nSPS) is 12.7. The van der Waals surface area contributed by atoms with E-state index in [1.807, 2.05) is 0 Å². The number of nitrogens with zero attached hydrogens (tertiary/aromatic N) is 1. The Labute approximate surface area is 139 Å². The molecular formula is C15H9ClF3NO3S. The number of aromatic nitrogens is 1. The van der Waals surface area contributed by atoms with Crippen molar-refractivity contribution in [3.05, 3.63) is 59.2 Å². The summed E-state index contributed by atoms with van der Waals surface area (Å²) in [6.45, 7) is 0. The molecule has 0 saturated heterocycles. The molecule has 0 fully saturated rings. The Morgan fingerprint density at radius 1 is 1.04 bits per heavy atom. The number of fused-ring (bicyclic) bond motifs is 1. The van der Waals surface area contributed by atoms with Gasteiger partial charge in [-0.2, -0.15) is 13.2 Å². The van der Waals surface area contributed by atoms with Crippen LogP contribution < -0.4 is 0 Å². The van der Waals surface area contributed by atoms with Crippen molar-refractivity contribution in [3.8, 4) is 5.75 Å². The van der Waals surface area contributed by atoms with Crippen molar-refractivity contribution in [2.75, 3.05) is 0 Å². The summed E-state index contributed by atoms with van der Waals surface area (Å²) < 4.78 is 64.9. The van der Waals surface area contributed by atoms with Crippen LogP contribution in [0, 0.1) is 0 Å². The molecule has 4 nitrogen and oxygen atoms in total. The van der Waals surface area contributed by atoms with Gasteiger partial charge in [-0.1, -0.05) is 11.6 Å². The molecule has 3 rings (SSSR count). The largest absolute Gasteiger partial charge is 0.508 e. The van der Waals surface area contributed by atoms with Gasteiger partial charge in [0.15, 0.2) is 0 Å². The third kappa shape index (κ3) is 2.71. The lowest BCUT2D eigenvalue weighted by Gasteiger charge is -2.12. The SMILES string of the molecule is O=S(=O)(c1cc(C(F)(F)F)ccc1Cl)n1ccc2cc(O)ccc21. The zero-order chi connectivity index (χ0) is 17.7. The predicted octanol–water partition coefficient (Wildman–Crippen LogP) is 4.26. The van der Waals surface area contributed by atoms with Gasteiger partial charge in [0.05, 0.1) is 16.1 Å². The molecule has 126 valence electrons. The fourth-order valence-corrected chi connectivity index (χ4v) is 4.16. The van der Waals surface area contributed by atoms with Crippen LogP contribution in [0.1, 0.15) is 5.56 Å². The van der Waals surface area contributed by atoms with Gasteiger partial charge in [-0.25, -0.2) is 12.4 Å². The van der Waals surface area contributed by atoms with Crippen LogP contribution >= 0.6 is 11.6 Å². The van der Waals surface area contributed by atoms with E-state index >= 15 is 0 Å².